The number of benzene rings is 2. The van der Waals surface area contributed by atoms with Gasteiger partial charge in [-0.15, -0.1) is 0 Å². The number of halogens is 1. The fourth-order valence-electron chi connectivity index (χ4n) is 2.04. The van der Waals surface area contributed by atoms with E-state index in [0.29, 0.717) is 32.8 Å². The predicted molar refractivity (Wildman–Crippen MR) is 100 cm³/mol. The first-order valence-electron chi connectivity index (χ1n) is 7.48. The SMILES string of the molecule is COc1ccc(C(=O)NN=Cc2ccc(OC(C)=O)c(OC)c2)cc1Br. The van der Waals surface area contributed by atoms with Gasteiger partial charge in [0.2, 0.25) is 0 Å². The van der Waals surface area contributed by atoms with Crippen LogP contribution in [-0.4, -0.2) is 32.3 Å². The molecule has 1 N–H and O–H groups in total. The molecule has 2 aromatic carbocycles. The van der Waals surface area contributed by atoms with E-state index in [2.05, 4.69) is 26.5 Å². The van der Waals surface area contributed by atoms with Crippen molar-refractivity contribution in [2.24, 2.45) is 5.10 Å². The van der Waals surface area contributed by atoms with Gasteiger partial charge in [-0.1, -0.05) is 0 Å². The molecule has 0 saturated carbocycles. The van der Waals surface area contributed by atoms with Gasteiger partial charge in [0.25, 0.3) is 5.91 Å². The van der Waals surface area contributed by atoms with Crippen molar-refractivity contribution in [3.63, 3.8) is 0 Å². The van der Waals surface area contributed by atoms with Gasteiger partial charge in [0.05, 0.1) is 24.9 Å². The van der Waals surface area contributed by atoms with Crippen molar-refractivity contribution in [2.45, 2.75) is 6.92 Å². The monoisotopic (exact) mass is 420 g/mol. The first kappa shape index (κ1) is 19.5. The number of nitrogens with zero attached hydrogens (tertiary/aromatic N) is 1. The van der Waals surface area contributed by atoms with E-state index in [1.165, 1.54) is 20.2 Å². The van der Waals surface area contributed by atoms with E-state index in [-0.39, 0.29) is 5.91 Å². The maximum absolute atomic E-state index is 12.1. The first-order chi connectivity index (χ1) is 12.4. The Labute approximate surface area is 159 Å². The molecule has 7 nitrogen and oxygen atoms in total. The van der Waals surface area contributed by atoms with Crippen molar-refractivity contribution in [3.05, 3.63) is 52.0 Å². The molecule has 0 aliphatic carbocycles. The topological polar surface area (TPSA) is 86.2 Å². The molecule has 0 aliphatic rings. The molecule has 26 heavy (non-hydrogen) atoms. The highest BCUT2D eigenvalue weighted by Gasteiger charge is 2.09. The maximum Gasteiger partial charge on any atom is 0.308 e. The van der Waals surface area contributed by atoms with Crippen molar-refractivity contribution in [3.8, 4) is 17.2 Å². The maximum atomic E-state index is 12.1. The number of ether oxygens (including phenoxy) is 3. The van der Waals surface area contributed by atoms with Crippen LogP contribution in [0.1, 0.15) is 22.8 Å². The molecule has 0 spiro atoms. The summed E-state index contributed by atoms with van der Waals surface area (Å²) in [4.78, 5) is 23.2. The van der Waals surface area contributed by atoms with E-state index in [1.54, 1.807) is 43.5 Å². The summed E-state index contributed by atoms with van der Waals surface area (Å²) >= 11 is 3.33. The smallest absolute Gasteiger partial charge is 0.308 e. The third-order valence-electron chi connectivity index (χ3n) is 3.24. The van der Waals surface area contributed by atoms with E-state index >= 15 is 0 Å². The van der Waals surface area contributed by atoms with Gasteiger partial charge < -0.3 is 14.2 Å². The summed E-state index contributed by atoms with van der Waals surface area (Å²) in [6, 6.07) is 9.86. The zero-order chi connectivity index (χ0) is 19.1. The second kappa shape index (κ2) is 9.00. The molecule has 136 valence electrons. The second-order valence-corrected chi connectivity index (χ2v) is 5.91. The van der Waals surface area contributed by atoms with Crippen molar-refractivity contribution in [1.29, 1.82) is 0 Å². The minimum Gasteiger partial charge on any atom is -0.496 e. The summed E-state index contributed by atoms with van der Waals surface area (Å²) in [7, 11) is 3.01. The summed E-state index contributed by atoms with van der Waals surface area (Å²) in [5.74, 6) is 0.514. The molecule has 0 atom stereocenters. The van der Waals surface area contributed by atoms with Crippen LogP contribution >= 0.6 is 15.9 Å². The second-order valence-electron chi connectivity index (χ2n) is 5.05. The highest BCUT2D eigenvalue weighted by atomic mass is 79.9. The molecule has 0 aliphatic heterocycles. The van der Waals surface area contributed by atoms with Crippen LogP contribution in [0.4, 0.5) is 0 Å². The minimum absolute atomic E-state index is 0.310. The van der Waals surface area contributed by atoms with Gasteiger partial charge in [0, 0.05) is 12.5 Å². The van der Waals surface area contributed by atoms with Gasteiger partial charge in [-0.2, -0.15) is 5.10 Å². The Morgan fingerprint density at radius 1 is 1.04 bits per heavy atom. The van der Waals surface area contributed by atoms with Crippen molar-refractivity contribution < 1.29 is 23.8 Å². The third kappa shape index (κ3) is 5.06. The number of hydrazone groups is 1. The standard InChI is InChI=1S/C18H17BrN2O5/c1-11(22)26-16-6-4-12(8-17(16)25-3)10-20-21-18(23)13-5-7-15(24-2)14(19)9-13/h4-10H,1-3H3,(H,21,23). The lowest BCUT2D eigenvalue weighted by Crippen LogP contribution is -2.17. The van der Waals surface area contributed by atoms with Gasteiger partial charge in [-0.3, -0.25) is 9.59 Å². The lowest BCUT2D eigenvalue weighted by Gasteiger charge is -2.08. The number of hydrogen-bond donors (Lipinski definition) is 1. The van der Waals surface area contributed by atoms with Crippen LogP contribution in [0.15, 0.2) is 46.0 Å². The average Bonchev–Trinajstić information content (AvgIpc) is 2.62. The molecule has 0 fully saturated rings. The summed E-state index contributed by atoms with van der Waals surface area (Å²) in [5.41, 5.74) is 3.53. The molecule has 0 aromatic heterocycles. The largest absolute Gasteiger partial charge is 0.496 e. The molecule has 0 saturated heterocycles. The fourth-order valence-corrected chi connectivity index (χ4v) is 2.58. The Morgan fingerprint density at radius 2 is 1.73 bits per heavy atom. The van der Waals surface area contributed by atoms with Crippen molar-refractivity contribution >= 4 is 34.0 Å². The van der Waals surface area contributed by atoms with E-state index in [1.807, 2.05) is 0 Å². The van der Waals surface area contributed by atoms with Crippen molar-refractivity contribution in [1.82, 2.24) is 5.43 Å². The summed E-state index contributed by atoms with van der Waals surface area (Å²) in [6.07, 6.45) is 1.45. The number of hydrogen-bond acceptors (Lipinski definition) is 6. The highest BCUT2D eigenvalue weighted by Crippen LogP contribution is 2.28. The van der Waals surface area contributed by atoms with E-state index in [0.717, 1.165) is 0 Å². The summed E-state index contributed by atoms with van der Waals surface area (Å²) in [5, 5.41) is 3.92. The third-order valence-corrected chi connectivity index (χ3v) is 3.85. The fraction of sp³-hybridized carbons (Fsp3) is 0.167. The average molecular weight is 421 g/mol. The summed E-state index contributed by atoms with van der Waals surface area (Å²) in [6.45, 7) is 1.31. The van der Waals surface area contributed by atoms with E-state index < -0.39 is 5.97 Å². The minimum atomic E-state index is -0.442. The lowest BCUT2D eigenvalue weighted by atomic mass is 10.2. The van der Waals surface area contributed by atoms with Gasteiger partial charge >= 0.3 is 5.97 Å². The molecule has 2 aromatic rings. The molecule has 0 bridgehead atoms. The van der Waals surface area contributed by atoms with Crippen LogP contribution in [0, 0.1) is 0 Å². The highest BCUT2D eigenvalue weighted by molar-refractivity contribution is 9.10. The molecule has 8 heteroatoms. The van der Waals surface area contributed by atoms with Crippen LogP contribution in [0.25, 0.3) is 0 Å². The zero-order valence-electron chi connectivity index (χ0n) is 14.4. The van der Waals surface area contributed by atoms with Crippen LogP contribution in [0.3, 0.4) is 0 Å². The quantitative estimate of drug-likeness (QED) is 0.335. The number of amides is 1. The molecule has 0 radical (unpaired) electrons. The Balaban J connectivity index is 2.06. The normalized spacial score (nSPS) is 10.5. The van der Waals surface area contributed by atoms with Gasteiger partial charge in [0.15, 0.2) is 11.5 Å². The van der Waals surface area contributed by atoms with Crippen molar-refractivity contribution in [2.75, 3.05) is 14.2 Å². The number of nitrogens with one attached hydrogen (secondary N) is 1. The molecule has 0 heterocycles. The number of esters is 1. The van der Waals surface area contributed by atoms with Gasteiger partial charge in [-0.05, 0) is 57.9 Å². The number of methoxy groups -OCH3 is 2. The Morgan fingerprint density at radius 3 is 2.35 bits per heavy atom. The first-order valence-corrected chi connectivity index (χ1v) is 8.27. The molecular weight excluding hydrogens is 404 g/mol. The van der Waals surface area contributed by atoms with E-state index in [9.17, 15) is 9.59 Å². The Bertz CT molecular complexity index is 851. The van der Waals surface area contributed by atoms with Gasteiger partial charge in [-0.25, -0.2) is 5.43 Å². The van der Waals surface area contributed by atoms with Crippen LogP contribution in [0.2, 0.25) is 0 Å². The number of rotatable bonds is 6. The molecule has 0 unspecified atom stereocenters. The molecule has 2 rings (SSSR count). The van der Waals surface area contributed by atoms with Crippen LogP contribution in [0.5, 0.6) is 17.2 Å². The Kier molecular flexibility index (Phi) is 6.74. The number of carbonyl (C=O) groups is 2. The summed E-state index contributed by atoms with van der Waals surface area (Å²) < 4.78 is 16.0. The zero-order valence-corrected chi connectivity index (χ0v) is 16.0. The number of carbonyl (C=O) groups excluding carboxylic acids is 2. The van der Waals surface area contributed by atoms with Gasteiger partial charge in [0.1, 0.15) is 5.75 Å². The molecule has 1 amide bonds. The lowest BCUT2D eigenvalue weighted by molar-refractivity contribution is -0.132. The van der Waals surface area contributed by atoms with Crippen LogP contribution < -0.4 is 19.6 Å². The Hall–Kier alpha value is -2.87. The molecular formula is C18H17BrN2O5. The van der Waals surface area contributed by atoms with Crippen LogP contribution in [-0.2, 0) is 4.79 Å². The predicted octanol–water partition coefficient (Wildman–Crippen LogP) is 3.16. The van der Waals surface area contributed by atoms with E-state index in [4.69, 9.17) is 14.2 Å².